The molecule has 136 valence electrons. The van der Waals surface area contributed by atoms with Crippen molar-refractivity contribution < 1.29 is 4.74 Å². The lowest BCUT2D eigenvalue weighted by molar-refractivity contribution is -0.0448. The Hall–Kier alpha value is -3.26. The van der Waals surface area contributed by atoms with Crippen LogP contribution in [0.25, 0.3) is 17.0 Å². The average molecular weight is 361 g/mol. The second-order valence-electron chi connectivity index (χ2n) is 6.75. The van der Waals surface area contributed by atoms with Gasteiger partial charge in [-0.25, -0.2) is 0 Å². The predicted octanol–water partition coefficient (Wildman–Crippen LogP) is 1.89. The Morgan fingerprint density at radius 3 is 2.52 bits per heavy atom. The summed E-state index contributed by atoms with van der Waals surface area (Å²) in [6, 6.07) is 15.9. The van der Waals surface area contributed by atoms with E-state index in [1.54, 1.807) is 17.8 Å². The number of aromatic nitrogens is 6. The van der Waals surface area contributed by atoms with Crippen LogP contribution < -0.4 is 4.90 Å². The normalized spacial score (nSPS) is 15.9. The molecule has 1 fully saturated rings. The fourth-order valence-corrected chi connectivity index (χ4v) is 3.66. The van der Waals surface area contributed by atoms with E-state index < -0.39 is 0 Å². The van der Waals surface area contributed by atoms with Crippen LogP contribution in [0.5, 0.6) is 0 Å². The first-order valence-electron chi connectivity index (χ1n) is 8.77. The van der Waals surface area contributed by atoms with Gasteiger partial charge in [0.25, 0.3) is 0 Å². The minimum absolute atomic E-state index is 0.364. The Morgan fingerprint density at radius 1 is 1.00 bits per heavy atom. The molecule has 0 amide bonds. The zero-order valence-electron chi connectivity index (χ0n) is 15.1. The smallest absolute Gasteiger partial charge is 0.185 e. The van der Waals surface area contributed by atoms with Crippen molar-refractivity contribution in [3.05, 3.63) is 60.4 Å². The molecular formula is C19H19N7O. The highest BCUT2D eigenvalue weighted by molar-refractivity contribution is 5.60. The minimum atomic E-state index is -0.364. The molecule has 5 rings (SSSR count). The molecular weight excluding hydrogens is 342 g/mol. The number of fused-ring (bicyclic) bond motifs is 1. The van der Waals surface area contributed by atoms with Crippen LogP contribution in [0.4, 0.5) is 5.82 Å². The van der Waals surface area contributed by atoms with Gasteiger partial charge in [0.2, 0.25) is 0 Å². The van der Waals surface area contributed by atoms with Gasteiger partial charge in [0.15, 0.2) is 11.5 Å². The Bertz CT molecular complexity index is 1100. The van der Waals surface area contributed by atoms with Gasteiger partial charge in [-0.3, -0.25) is 4.68 Å². The predicted molar refractivity (Wildman–Crippen MR) is 100 cm³/mol. The monoisotopic (exact) mass is 361 g/mol. The molecule has 4 aromatic rings. The zero-order valence-corrected chi connectivity index (χ0v) is 15.1. The molecule has 0 bridgehead atoms. The number of anilines is 1. The number of aryl methyl sites for hydroxylation is 1. The third-order valence-electron chi connectivity index (χ3n) is 5.18. The van der Waals surface area contributed by atoms with Gasteiger partial charge < -0.3 is 9.64 Å². The van der Waals surface area contributed by atoms with Gasteiger partial charge in [-0.1, -0.05) is 30.3 Å². The molecule has 4 heterocycles. The molecule has 1 aliphatic rings. The molecule has 0 atom stereocenters. The van der Waals surface area contributed by atoms with Crippen LogP contribution >= 0.6 is 0 Å². The first-order valence-corrected chi connectivity index (χ1v) is 8.77. The Kier molecular flexibility index (Phi) is 3.48. The summed E-state index contributed by atoms with van der Waals surface area (Å²) < 4.78 is 9.51. The van der Waals surface area contributed by atoms with Crippen LogP contribution in [0.3, 0.4) is 0 Å². The molecule has 0 spiro atoms. The molecule has 27 heavy (non-hydrogen) atoms. The number of hydrogen-bond donors (Lipinski definition) is 0. The van der Waals surface area contributed by atoms with E-state index in [-0.39, 0.29) is 5.60 Å². The topological polar surface area (TPSA) is 73.4 Å². The SMILES string of the molecule is COC1(c2ccnn2C)CN(c2ccc3nnc(-c4ccccc4)n3n2)C1. The lowest BCUT2D eigenvalue weighted by Gasteiger charge is -2.49. The van der Waals surface area contributed by atoms with Gasteiger partial charge in [-0.15, -0.1) is 15.3 Å². The Balaban J connectivity index is 1.48. The van der Waals surface area contributed by atoms with Crippen molar-refractivity contribution in [2.45, 2.75) is 5.60 Å². The van der Waals surface area contributed by atoms with E-state index in [0.717, 1.165) is 28.5 Å². The van der Waals surface area contributed by atoms with E-state index in [0.29, 0.717) is 13.1 Å². The van der Waals surface area contributed by atoms with Crippen LogP contribution in [-0.2, 0) is 17.4 Å². The first-order chi connectivity index (χ1) is 13.2. The standard InChI is InChI=1S/C19H19N7O/c1-24-15(10-11-20-24)19(27-2)12-25(13-19)17-9-8-16-21-22-18(26(16)23-17)14-6-4-3-5-7-14/h3-11H,12-13H2,1-2H3. The number of hydrogen-bond acceptors (Lipinski definition) is 6. The first kappa shape index (κ1) is 16.0. The Morgan fingerprint density at radius 2 is 1.81 bits per heavy atom. The fourth-order valence-electron chi connectivity index (χ4n) is 3.66. The quantitative estimate of drug-likeness (QED) is 0.553. The van der Waals surface area contributed by atoms with Gasteiger partial charge in [0, 0.05) is 25.9 Å². The molecule has 8 nitrogen and oxygen atoms in total. The number of benzene rings is 1. The van der Waals surface area contributed by atoms with Crippen molar-refractivity contribution in [1.29, 1.82) is 0 Å². The maximum atomic E-state index is 5.85. The fraction of sp³-hybridized carbons (Fsp3) is 0.263. The lowest BCUT2D eigenvalue weighted by Crippen LogP contribution is -2.61. The Labute approximate surface area is 156 Å². The minimum Gasteiger partial charge on any atom is -0.368 e. The third-order valence-corrected chi connectivity index (χ3v) is 5.18. The summed E-state index contributed by atoms with van der Waals surface area (Å²) in [5.74, 6) is 1.60. The van der Waals surface area contributed by atoms with Crippen molar-refractivity contribution in [3.8, 4) is 11.4 Å². The zero-order chi connectivity index (χ0) is 18.4. The second kappa shape index (κ2) is 5.88. The highest BCUT2D eigenvalue weighted by Gasteiger charge is 2.47. The molecule has 3 aromatic heterocycles. The second-order valence-corrected chi connectivity index (χ2v) is 6.75. The third kappa shape index (κ3) is 2.41. The molecule has 0 radical (unpaired) electrons. The van der Waals surface area contributed by atoms with Crippen LogP contribution in [0.2, 0.25) is 0 Å². The lowest BCUT2D eigenvalue weighted by atomic mass is 9.90. The largest absolute Gasteiger partial charge is 0.368 e. The molecule has 0 saturated carbocycles. The summed E-state index contributed by atoms with van der Waals surface area (Å²) >= 11 is 0. The summed E-state index contributed by atoms with van der Waals surface area (Å²) in [5, 5.41) is 17.6. The van der Waals surface area contributed by atoms with E-state index in [2.05, 4.69) is 20.2 Å². The van der Waals surface area contributed by atoms with E-state index >= 15 is 0 Å². The van der Waals surface area contributed by atoms with Gasteiger partial charge in [0.05, 0.1) is 18.8 Å². The van der Waals surface area contributed by atoms with E-state index in [1.807, 2.05) is 60.3 Å². The number of methoxy groups -OCH3 is 1. The summed E-state index contributed by atoms with van der Waals surface area (Å²) in [6.07, 6.45) is 1.80. The molecule has 0 unspecified atom stereocenters. The van der Waals surface area contributed by atoms with Gasteiger partial charge in [-0.2, -0.15) is 9.61 Å². The van der Waals surface area contributed by atoms with Gasteiger partial charge >= 0.3 is 0 Å². The van der Waals surface area contributed by atoms with Crippen molar-refractivity contribution >= 4 is 11.5 Å². The molecule has 8 heteroatoms. The molecule has 0 N–H and O–H groups in total. The average Bonchev–Trinajstić information content (AvgIpc) is 3.29. The van der Waals surface area contributed by atoms with Crippen LogP contribution in [-0.4, -0.2) is 49.8 Å². The van der Waals surface area contributed by atoms with Crippen LogP contribution in [0.1, 0.15) is 5.69 Å². The molecule has 0 aliphatic carbocycles. The molecule has 1 saturated heterocycles. The van der Waals surface area contributed by atoms with E-state index in [9.17, 15) is 0 Å². The maximum absolute atomic E-state index is 5.85. The van der Waals surface area contributed by atoms with E-state index in [1.165, 1.54) is 0 Å². The van der Waals surface area contributed by atoms with Crippen molar-refractivity contribution in [1.82, 2.24) is 29.6 Å². The summed E-state index contributed by atoms with van der Waals surface area (Å²) in [6.45, 7) is 1.43. The molecule has 1 aliphatic heterocycles. The van der Waals surface area contributed by atoms with Crippen molar-refractivity contribution in [2.24, 2.45) is 7.05 Å². The number of rotatable bonds is 4. The van der Waals surface area contributed by atoms with Crippen LogP contribution in [0.15, 0.2) is 54.7 Å². The van der Waals surface area contributed by atoms with Crippen molar-refractivity contribution in [3.63, 3.8) is 0 Å². The number of ether oxygens (including phenoxy) is 1. The van der Waals surface area contributed by atoms with Gasteiger partial charge in [0.1, 0.15) is 11.4 Å². The van der Waals surface area contributed by atoms with Crippen molar-refractivity contribution in [2.75, 3.05) is 25.1 Å². The summed E-state index contributed by atoms with van der Waals surface area (Å²) in [5.41, 5.74) is 2.41. The molecule has 1 aromatic carbocycles. The van der Waals surface area contributed by atoms with E-state index in [4.69, 9.17) is 9.84 Å². The summed E-state index contributed by atoms with van der Waals surface area (Å²) in [4.78, 5) is 2.19. The number of nitrogens with zero attached hydrogens (tertiary/aromatic N) is 7. The highest BCUT2D eigenvalue weighted by Crippen LogP contribution is 2.37. The van der Waals surface area contributed by atoms with Gasteiger partial charge in [-0.05, 0) is 18.2 Å². The summed E-state index contributed by atoms with van der Waals surface area (Å²) in [7, 11) is 3.68. The highest BCUT2D eigenvalue weighted by atomic mass is 16.5. The van der Waals surface area contributed by atoms with Crippen LogP contribution in [0, 0.1) is 0 Å². The maximum Gasteiger partial charge on any atom is 0.185 e.